The van der Waals surface area contributed by atoms with Crippen molar-refractivity contribution in [3.8, 4) is 0 Å². The fourth-order valence-corrected chi connectivity index (χ4v) is 3.52. The lowest BCUT2D eigenvalue weighted by Gasteiger charge is -2.00. The molecule has 0 aliphatic heterocycles. The number of benzene rings is 3. The van der Waals surface area contributed by atoms with Crippen molar-refractivity contribution in [1.82, 2.24) is 0 Å². The lowest BCUT2D eigenvalue weighted by Crippen LogP contribution is -3.00. The molecule has 0 unspecified atom stereocenters. The number of nitrogens with zero attached hydrogens (tertiary/aromatic N) is 1. The van der Waals surface area contributed by atoms with Gasteiger partial charge in [-0.15, -0.1) is 0 Å². The van der Waals surface area contributed by atoms with Gasteiger partial charge in [0.05, 0.1) is 0 Å². The van der Waals surface area contributed by atoms with Crippen LogP contribution in [-0.2, 0) is 6.54 Å². The number of halogens is 1. The molecule has 1 nitrogen and oxygen atoms in total. The van der Waals surface area contributed by atoms with Crippen molar-refractivity contribution in [2.75, 3.05) is 0 Å². The normalized spacial score (nSPS) is 10.7. The van der Waals surface area contributed by atoms with Gasteiger partial charge in [0.25, 0.3) is 0 Å². The molecule has 21 heavy (non-hydrogen) atoms. The van der Waals surface area contributed by atoms with Crippen LogP contribution in [0.25, 0.3) is 21.0 Å². The Morgan fingerprint density at radius 2 is 1.57 bits per heavy atom. The van der Waals surface area contributed by atoms with Gasteiger partial charge in [0.15, 0.2) is 6.54 Å². The standard InChI is InChI=1S/C18H14NS.BrH/c1-2-6-16-11-14(9-10-15(16)5-1)12-19-13-20-18-8-4-3-7-17(18)19;/h1-11,13H,12H2;1H/q+1;/p-1. The first-order chi connectivity index (χ1) is 9.90. The first-order valence-corrected chi connectivity index (χ1v) is 7.61. The molecular formula is C18H14BrNS. The predicted octanol–water partition coefficient (Wildman–Crippen LogP) is 1.39. The van der Waals surface area contributed by atoms with Crippen molar-refractivity contribution in [3.63, 3.8) is 0 Å². The molecule has 3 aromatic carbocycles. The van der Waals surface area contributed by atoms with E-state index in [9.17, 15) is 0 Å². The minimum absolute atomic E-state index is 0. The summed E-state index contributed by atoms with van der Waals surface area (Å²) >= 11 is 1.80. The van der Waals surface area contributed by atoms with Crippen LogP contribution in [0.1, 0.15) is 5.56 Å². The average molecular weight is 356 g/mol. The Kier molecular flexibility index (Phi) is 4.04. The van der Waals surface area contributed by atoms with Crippen LogP contribution in [-0.4, -0.2) is 0 Å². The molecule has 0 amide bonds. The largest absolute Gasteiger partial charge is 1.00 e. The number of thiazole rings is 1. The number of rotatable bonds is 2. The van der Waals surface area contributed by atoms with Crippen LogP contribution in [0.15, 0.2) is 72.2 Å². The fraction of sp³-hybridized carbons (Fsp3) is 0.0556. The Morgan fingerprint density at radius 3 is 2.48 bits per heavy atom. The minimum atomic E-state index is 0. The third kappa shape index (κ3) is 2.71. The molecule has 0 fully saturated rings. The molecular weight excluding hydrogens is 342 g/mol. The molecule has 0 aliphatic rings. The topological polar surface area (TPSA) is 3.88 Å². The Hall–Kier alpha value is -1.71. The second-order valence-electron chi connectivity index (χ2n) is 5.00. The van der Waals surface area contributed by atoms with E-state index in [1.165, 1.54) is 26.6 Å². The van der Waals surface area contributed by atoms with Gasteiger partial charge in [-0.1, -0.05) is 59.9 Å². The Labute approximate surface area is 138 Å². The summed E-state index contributed by atoms with van der Waals surface area (Å²) in [6, 6.07) is 23.8. The highest BCUT2D eigenvalue weighted by Crippen LogP contribution is 2.18. The van der Waals surface area contributed by atoms with Crippen LogP contribution < -0.4 is 21.5 Å². The highest BCUT2D eigenvalue weighted by atomic mass is 79.9. The summed E-state index contributed by atoms with van der Waals surface area (Å²) in [5.41, 5.74) is 4.86. The molecule has 4 rings (SSSR count). The maximum absolute atomic E-state index is 2.32. The van der Waals surface area contributed by atoms with E-state index in [0.29, 0.717) is 0 Å². The van der Waals surface area contributed by atoms with Gasteiger partial charge in [0.1, 0.15) is 4.70 Å². The number of hydrogen-bond donors (Lipinski definition) is 0. The van der Waals surface area contributed by atoms with Gasteiger partial charge in [-0.3, -0.25) is 0 Å². The molecule has 3 heteroatoms. The van der Waals surface area contributed by atoms with Crippen molar-refractivity contribution >= 4 is 32.3 Å². The lowest BCUT2D eigenvalue weighted by atomic mass is 10.1. The van der Waals surface area contributed by atoms with Crippen molar-refractivity contribution in [2.45, 2.75) is 6.54 Å². The molecule has 0 saturated carbocycles. The van der Waals surface area contributed by atoms with E-state index < -0.39 is 0 Å². The van der Waals surface area contributed by atoms with Crippen molar-refractivity contribution in [1.29, 1.82) is 0 Å². The summed E-state index contributed by atoms with van der Waals surface area (Å²) < 4.78 is 3.66. The van der Waals surface area contributed by atoms with Crippen LogP contribution in [0.2, 0.25) is 0 Å². The molecule has 0 spiro atoms. The van der Waals surface area contributed by atoms with Crippen molar-refractivity contribution in [2.24, 2.45) is 0 Å². The van der Waals surface area contributed by atoms with Gasteiger partial charge in [-0.25, -0.2) is 0 Å². The molecule has 0 bridgehead atoms. The average Bonchev–Trinajstić information content (AvgIpc) is 2.91. The van der Waals surface area contributed by atoms with Gasteiger partial charge < -0.3 is 17.0 Å². The smallest absolute Gasteiger partial charge is 0.226 e. The maximum Gasteiger partial charge on any atom is 0.226 e. The molecule has 4 aromatic rings. The maximum atomic E-state index is 2.32. The van der Waals surface area contributed by atoms with E-state index in [-0.39, 0.29) is 17.0 Å². The third-order valence-electron chi connectivity index (χ3n) is 3.65. The Balaban J connectivity index is 0.00000132. The molecule has 104 valence electrons. The second kappa shape index (κ2) is 5.96. The zero-order chi connectivity index (χ0) is 13.4. The van der Waals surface area contributed by atoms with Crippen LogP contribution in [0.3, 0.4) is 0 Å². The van der Waals surface area contributed by atoms with Gasteiger partial charge >= 0.3 is 0 Å². The Bertz CT molecular complexity index is 898. The Morgan fingerprint density at radius 1 is 0.810 bits per heavy atom. The summed E-state index contributed by atoms with van der Waals surface area (Å²) in [6.45, 7) is 0.925. The van der Waals surface area contributed by atoms with E-state index >= 15 is 0 Å². The van der Waals surface area contributed by atoms with Crippen molar-refractivity contribution in [3.05, 3.63) is 77.8 Å². The highest BCUT2D eigenvalue weighted by molar-refractivity contribution is 7.16. The van der Waals surface area contributed by atoms with Crippen LogP contribution in [0, 0.1) is 0 Å². The van der Waals surface area contributed by atoms with E-state index in [0.717, 1.165) is 6.54 Å². The van der Waals surface area contributed by atoms with E-state index in [4.69, 9.17) is 0 Å². The number of aromatic nitrogens is 1. The number of fused-ring (bicyclic) bond motifs is 2. The first kappa shape index (κ1) is 14.2. The third-order valence-corrected chi connectivity index (χ3v) is 4.61. The SMILES string of the molecule is [Br-].c1ccc2cc(C[n+]3csc4ccccc43)ccc2c1. The van der Waals surface area contributed by atoms with Crippen LogP contribution in [0.5, 0.6) is 0 Å². The quantitative estimate of drug-likeness (QED) is 0.478. The van der Waals surface area contributed by atoms with Crippen LogP contribution >= 0.6 is 11.3 Å². The second-order valence-corrected chi connectivity index (χ2v) is 5.89. The molecule has 1 heterocycles. The first-order valence-electron chi connectivity index (χ1n) is 6.73. The van der Waals surface area contributed by atoms with Crippen LogP contribution in [0.4, 0.5) is 0 Å². The lowest BCUT2D eigenvalue weighted by molar-refractivity contribution is -0.658. The predicted molar refractivity (Wildman–Crippen MR) is 85.1 cm³/mol. The molecule has 0 aliphatic carbocycles. The minimum Gasteiger partial charge on any atom is -1.00 e. The zero-order valence-corrected chi connectivity index (χ0v) is 13.8. The molecule has 0 radical (unpaired) electrons. The zero-order valence-electron chi connectivity index (χ0n) is 11.4. The summed E-state index contributed by atoms with van der Waals surface area (Å²) in [6.07, 6.45) is 0. The molecule has 0 atom stereocenters. The van der Waals surface area contributed by atoms with Gasteiger partial charge in [0, 0.05) is 11.6 Å². The summed E-state index contributed by atoms with van der Waals surface area (Å²) in [7, 11) is 0. The van der Waals surface area contributed by atoms with E-state index in [1.807, 2.05) is 0 Å². The van der Waals surface area contributed by atoms with Gasteiger partial charge in [-0.05, 0) is 22.9 Å². The van der Waals surface area contributed by atoms with Gasteiger partial charge in [0.2, 0.25) is 11.0 Å². The summed E-state index contributed by atoms with van der Waals surface area (Å²) in [5.74, 6) is 0. The fourth-order valence-electron chi connectivity index (χ4n) is 2.63. The monoisotopic (exact) mass is 355 g/mol. The molecule has 1 aromatic heterocycles. The highest BCUT2D eigenvalue weighted by Gasteiger charge is 2.11. The summed E-state index contributed by atoms with van der Waals surface area (Å²) in [4.78, 5) is 0. The van der Waals surface area contributed by atoms with Gasteiger partial charge in [-0.2, -0.15) is 4.57 Å². The van der Waals surface area contributed by atoms with E-state index in [1.54, 1.807) is 11.3 Å². The number of para-hydroxylation sites is 1. The molecule has 0 N–H and O–H groups in total. The number of hydrogen-bond acceptors (Lipinski definition) is 1. The van der Waals surface area contributed by atoms with E-state index in [2.05, 4.69) is 76.8 Å². The molecule has 0 saturated heterocycles. The summed E-state index contributed by atoms with van der Waals surface area (Å²) in [5, 5.41) is 2.61. The van der Waals surface area contributed by atoms with Crippen molar-refractivity contribution < 1.29 is 21.5 Å².